The highest BCUT2D eigenvalue weighted by Crippen LogP contribution is 2.02. The largest absolute Gasteiger partial charge is 0.239 e. The van der Waals surface area contributed by atoms with E-state index in [4.69, 9.17) is 0 Å². The van der Waals surface area contributed by atoms with Crippen molar-refractivity contribution >= 4 is 0 Å². The molecule has 0 unspecified atom stereocenters. The summed E-state index contributed by atoms with van der Waals surface area (Å²) in [5, 5.41) is 4.08. The predicted octanol–water partition coefficient (Wildman–Crippen LogP) is 1.22. The minimum absolute atomic E-state index is 0.857. The van der Waals surface area contributed by atoms with E-state index < -0.39 is 0 Å². The van der Waals surface area contributed by atoms with Crippen molar-refractivity contribution in [2.24, 2.45) is 0 Å². The standard InChI is InChI=1S/C9H10N4/c1-2-9-10-6-8(7-11-9)13-5-3-4-12-13/h3-7H,2H2,1H3. The molecule has 4 nitrogen and oxygen atoms in total. The van der Waals surface area contributed by atoms with Gasteiger partial charge in [-0.3, -0.25) is 0 Å². The maximum atomic E-state index is 4.18. The molecule has 0 amide bonds. The molecule has 66 valence electrons. The van der Waals surface area contributed by atoms with Gasteiger partial charge in [0.1, 0.15) is 11.5 Å². The SMILES string of the molecule is CCc1ncc(-n2cccn2)cn1. The van der Waals surface area contributed by atoms with Crippen LogP contribution in [0, 0.1) is 0 Å². The van der Waals surface area contributed by atoms with Crippen molar-refractivity contribution < 1.29 is 0 Å². The second-order valence-corrected chi connectivity index (χ2v) is 2.66. The van der Waals surface area contributed by atoms with Crippen molar-refractivity contribution in [3.8, 4) is 5.69 Å². The molecule has 2 aromatic rings. The maximum absolute atomic E-state index is 4.18. The van der Waals surface area contributed by atoms with E-state index in [0.717, 1.165) is 17.9 Å². The Morgan fingerprint density at radius 1 is 1.31 bits per heavy atom. The summed E-state index contributed by atoms with van der Waals surface area (Å²) in [7, 11) is 0. The van der Waals surface area contributed by atoms with Crippen LogP contribution in [0.25, 0.3) is 5.69 Å². The lowest BCUT2D eigenvalue weighted by atomic mass is 10.4. The number of hydrogen-bond donors (Lipinski definition) is 0. The summed E-state index contributed by atoms with van der Waals surface area (Å²) in [5.74, 6) is 0.857. The molecule has 0 N–H and O–H groups in total. The van der Waals surface area contributed by atoms with Crippen LogP contribution < -0.4 is 0 Å². The molecule has 0 bridgehead atoms. The zero-order valence-electron chi connectivity index (χ0n) is 7.38. The molecule has 2 rings (SSSR count). The van der Waals surface area contributed by atoms with Gasteiger partial charge in [0.2, 0.25) is 0 Å². The summed E-state index contributed by atoms with van der Waals surface area (Å²) in [6.45, 7) is 2.03. The molecule has 0 aromatic carbocycles. The first kappa shape index (κ1) is 7.91. The molecular weight excluding hydrogens is 164 g/mol. The van der Waals surface area contributed by atoms with Gasteiger partial charge < -0.3 is 0 Å². The molecule has 0 aliphatic heterocycles. The first-order valence-electron chi connectivity index (χ1n) is 4.21. The Morgan fingerprint density at radius 3 is 2.62 bits per heavy atom. The smallest absolute Gasteiger partial charge is 0.128 e. The zero-order chi connectivity index (χ0) is 9.10. The van der Waals surface area contributed by atoms with Gasteiger partial charge in [-0.1, -0.05) is 6.92 Å². The number of aromatic nitrogens is 4. The lowest BCUT2D eigenvalue weighted by Gasteiger charge is -1.99. The first-order chi connectivity index (χ1) is 6.40. The van der Waals surface area contributed by atoms with Gasteiger partial charge >= 0.3 is 0 Å². The minimum Gasteiger partial charge on any atom is -0.239 e. The number of aryl methyl sites for hydroxylation is 1. The van der Waals surface area contributed by atoms with E-state index in [1.165, 1.54) is 0 Å². The van der Waals surface area contributed by atoms with Gasteiger partial charge in [-0.2, -0.15) is 5.10 Å². The van der Waals surface area contributed by atoms with E-state index in [0.29, 0.717) is 0 Å². The lowest BCUT2D eigenvalue weighted by Crippen LogP contribution is -1.98. The average Bonchev–Trinajstić information content (AvgIpc) is 2.71. The molecule has 4 heteroatoms. The quantitative estimate of drug-likeness (QED) is 0.687. The van der Waals surface area contributed by atoms with Crippen molar-refractivity contribution in [2.75, 3.05) is 0 Å². The van der Waals surface area contributed by atoms with Gasteiger partial charge in [0, 0.05) is 18.8 Å². The van der Waals surface area contributed by atoms with Crippen LogP contribution in [0.3, 0.4) is 0 Å². The van der Waals surface area contributed by atoms with Crippen molar-refractivity contribution in [3.05, 3.63) is 36.7 Å². The fourth-order valence-corrected chi connectivity index (χ4v) is 1.07. The van der Waals surface area contributed by atoms with Gasteiger partial charge in [-0.05, 0) is 6.07 Å². The number of nitrogens with zero attached hydrogens (tertiary/aromatic N) is 4. The third kappa shape index (κ3) is 1.56. The monoisotopic (exact) mass is 174 g/mol. The Labute approximate surface area is 76.3 Å². The maximum Gasteiger partial charge on any atom is 0.128 e. The average molecular weight is 174 g/mol. The van der Waals surface area contributed by atoms with Crippen molar-refractivity contribution in [2.45, 2.75) is 13.3 Å². The van der Waals surface area contributed by atoms with Crippen molar-refractivity contribution in [3.63, 3.8) is 0 Å². The van der Waals surface area contributed by atoms with Crippen LogP contribution in [-0.4, -0.2) is 19.7 Å². The van der Waals surface area contributed by atoms with E-state index >= 15 is 0 Å². The highest BCUT2D eigenvalue weighted by atomic mass is 15.3. The Morgan fingerprint density at radius 2 is 2.08 bits per heavy atom. The van der Waals surface area contributed by atoms with Crippen LogP contribution in [0.2, 0.25) is 0 Å². The van der Waals surface area contributed by atoms with Gasteiger partial charge in [-0.15, -0.1) is 0 Å². The molecule has 0 aliphatic rings. The molecule has 2 heterocycles. The van der Waals surface area contributed by atoms with Crippen LogP contribution in [0.1, 0.15) is 12.7 Å². The van der Waals surface area contributed by atoms with Gasteiger partial charge in [-0.25, -0.2) is 14.6 Å². The van der Waals surface area contributed by atoms with E-state index in [1.807, 2.05) is 19.2 Å². The Hall–Kier alpha value is -1.71. The zero-order valence-corrected chi connectivity index (χ0v) is 7.38. The fourth-order valence-electron chi connectivity index (χ4n) is 1.07. The fraction of sp³-hybridized carbons (Fsp3) is 0.222. The van der Waals surface area contributed by atoms with E-state index in [1.54, 1.807) is 23.3 Å². The molecule has 0 saturated carbocycles. The third-order valence-electron chi connectivity index (χ3n) is 1.78. The van der Waals surface area contributed by atoms with Gasteiger partial charge in [0.25, 0.3) is 0 Å². The second-order valence-electron chi connectivity index (χ2n) is 2.66. The molecule has 0 atom stereocenters. The van der Waals surface area contributed by atoms with Crippen LogP contribution >= 0.6 is 0 Å². The normalized spacial score (nSPS) is 10.2. The Bertz CT molecular complexity index is 363. The third-order valence-corrected chi connectivity index (χ3v) is 1.78. The molecule has 0 saturated heterocycles. The topological polar surface area (TPSA) is 43.6 Å². The Balaban J connectivity index is 2.33. The molecule has 13 heavy (non-hydrogen) atoms. The van der Waals surface area contributed by atoms with E-state index in [-0.39, 0.29) is 0 Å². The lowest BCUT2D eigenvalue weighted by molar-refractivity contribution is 0.844. The summed E-state index contributed by atoms with van der Waals surface area (Å²) >= 11 is 0. The summed E-state index contributed by atoms with van der Waals surface area (Å²) < 4.78 is 1.74. The van der Waals surface area contributed by atoms with Gasteiger partial charge in [0.05, 0.1) is 12.4 Å². The molecule has 0 spiro atoms. The van der Waals surface area contributed by atoms with E-state index in [9.17, 15) is 0 Å². The summed E-state index contributed by atoms with van der Waals surface area (Å²) in [6.07, 6.45) is 8.01. The summed E-state index contributed by atoms with van der Waals surface area (Å²) in [4.78, 5) is 8.36. The summed E-state index contributed by atoms with van der Waals surface area (Å²) in [5.41, 5.74) is 0.891. The molecule has 2 aromatic heterocycles. The molecule has 0 fully saturated rings. The Kier molecular flexibility index (Phi) is 2.04. The molecular formula is C9H10N4. The highest BCUT2D eigenvalue weighted by molar-refractivity contribution is 5.23. The van der Waals surface area contributed by atoms with Crippen LogP contribution in [0.15, 0.2) is 30.9 Å². The summed E-state index contributed by atoms with van der Waals surface area (Å²) in [6, 6.07) is 1.87. The first-order valence-corrected chi connectivity index (χ1v) is 4.21. The molecule has 0 radical (unpaired) electrons. The van der Waals surface area contributed by atoms with Gasteiger partial charge in [0.15, 0.2) is 0 Å². The van der Waals surface area contributed by atoms with E-state index in [2.05, 4.69) is 15.1 Å². The van der Waals surface area contributed by atoms with Crippen LogP contribution in [0.5, 0.6) is 0 Å². The van der Waals surface area contributed by atoms with Crippen LogP contribution in [-0.2, 0) is 6.42 Å². The molecule has 0 aliphatic carbocycles. The number of rotatable bonds is 2. The minimum atomic E-state index is 0.857. The highest BCUT2D eigenvalue weighted by Gasteiger charge is 1.96. The van der Waals surface area contributed by atoms with Crippen LogP contribution in [0.4, 0.5) is 0 Å². The second kappa shape index (κ2) is 3.35. The number of hydrogen-bond acceptors (Lipinski definition) is 3. The van der Waals surface area contributed by atoms with Crippen molar-refractivity contribution in [1.82, 2.24) is 19.7 Å². The predicted molar refractivity (Wildman–Crippen MR) is 48.5 cm³/mol. The van der Waals surface area contributed by atoms with Crippen molar-refractivity contribution in [1.29, 1.82) is 0 Å².